The van der Waals surface area contributed by atoms with Crippen molar-refractivity contribution < 1.29 is 17.9 Å². The summed E-state index contributed by atoms with van der Waals surface area (Å²) in [6.45, 7) is 0.322. The third kappa shape index (κ3) is 5.52. The highest BCUT2D eigenvalue weighted by molar-refractivity contribution is 7.89. The third-order valence-electron chi connectivity index (χ3n) is 2.06. The van der Waals surface area contributed by atoms with Crippen molar-refractivity contribution in [2.45, 2.75) is 4.90 Å². The Hall–Kier alpha value is -1.22. The Morgan fingerprint density at radius 2 is 2.26 bits per heavy atom. The van der Waals surface area contributed by atoms with Crippen molar-refractivity contribution in [2.75, 3.05) is 26.8 Å². The summed E-state index contributed by atoms with van der Waals surface area (Å²) in [7, 11) is -2.27. The molecule has 0 saturated heterocycles. The lowest BCUT2D eigenvalue weighted by atomic mass is 10.5. The Morgan fingerprint density at radius 1 is 1.53 bits per heavy atom. The van der Waals surface area contributed by atoms with E-state index in [1.807, 2.05) is 0 Å². The van der Waals surface area contributed by atoms with Crippen molar-refractivity contribution in [3.63, 3.8) is 0 Å². The molecule has 0 saturated carbocycles. The molecule has 0 unspecified atom stereocenters. The summed E-state index contributed by atoms with van der Waals surface area (Å²) in [5, 5.41) is 2.55. The Kier molecular flexibility index (Phi) is 6.16. The molecule has 1 heterocycles. The molecular weight excluding hydrogens is 294 g/mol. The molecule has 9 heteroatoms. The Balaban J connectivity index is 2.54. The summed E-state index contributed by atoms with van der Waals surface area (Å²) < 4.78 is 30.5. The number of ether oxygens (including phenoxy) is 1. The summed E-state index contributed by atoms with van der Waals surface area (Å²) >= 11 is 5.60. The highest BCUT2D eigenvalue weighted by atomic mass is 35.5. The van der Waals surface area contributed by atoms with Gasteiger partial charge in [-0.1, -0.05) is 11.6 Å². The van der Waals surface area contributed by atoms with Crippen LogP contribution in [0.2, 0.25) is 5.15 Å². The van der Waals surface area contributed by atoms with Crippen molar-refractivity contribution in [1.29, 1.82) is 0 Å². The van der Waals surface area contributed by atoms with Crippen LogP contribution in [0.5, 0.6) is 0 Å². The van der Waals surface area contributed by atoms with Crippen LogP contribution in [0.4, 0.5) is 0 Å². The van der Waals surface area contributed by atoms with Crippen LogP contribution >= 0.6 is 11.6 Å². The van der Waals surface area contributed by atoms with Gasteiger partial charge in [-0.05, 0) is 12.1 Å². The zero-order chi connectivity index (χ0) is 14.3. The quantitative estimate of drug-likeness (QED) is 0.536. The van der Waals surface area contributed by atoms with E-state index in [9.17, 15) is 13.2 Å². The smallest absolute Gasteiger partial charge is 0.241 e. The molecular formula is C10H14ClN3O4S. The molecule has 0 aromatic carbocycles. The van der Waals surface area contributed by atoms with Gasteiger partial charge in [-0.2, -0.15) is 0 Å². The van der Waals surface area contributed by atoms with E-state index in [0.29, 0.717) is 13.2 Å². The molecule has 1 rings (SSSR count). The summed E-state index contributed by atoms with van der Waals surface area (Å²) in [5.41, 5.74) is 0. The number of aromatic nitrogens is 1. The zero-order valence-electron chi connectivity index (χ0n) is 10.2. The Labute approximate surface area is 116 Å². The molecule has 0 aliphatic heterocycles. The number of rotatable bonds is 7. The van der Waals surface area contributed by atoms with Crippen molar-refractivity contribution in [2.24, 2.45) is 0 Å². The van der Waals surface area contributed by atoms with Gasteiger partial charge in [0, 0.05) is 19.9 Å². The van der Waals surface area contributed by atoms with E-state index >= 15 is 0 Å². The van der Waals surface area contributed by atoms with Crippen molar-refractivity contribution in [3.8, 4) is 0 Å². The molecule has 106 valence electrons. The van der Waals surface area contributed by atoms with Crippen molar-refractivity contribution in [1.82, 2.24) is 15.0 Å². The molecule has 0 bridgehead atoms. The molecule has 0 radical (unpaired) electrons. The minimum absolute atomic E-state index is 0.0443. The first-order valence-electron chi connectivity index (χ1n) is 5.32. The lowest BCUT2D eigenvalue weighted by Crippen LogP contribution is -2.38. The van der Waals surface area contributed by atoms with Gasteiger partial charge in [0.1, 0.15) is 5.15 Å². The molecule has 0 aliphatic rings. The van der Waals surface area contributed by atoms with Crippen LogP contribution in [-0.4, -0.2) is 46.1 Å². The number of nitrogens with zero attached hydrogens (tertiary/aromatic N) is 1. The van der Waals surface area contributed by atoms with Crippen LogP contribution in [0.3, 0.4) is 0 Å². The number of hydrogen-bond acceptors (Lipinski definition) is 5. The number of carbonyl (C=O) groups excluding carboxylic acids is 1. The minimum Gasteiger partial charge on any atom is -0.383 e. The first-order valence-corrected chi connectivity index (χ1v) is 7.18. The first-order chi connectivity index (χ1) is 8.95. The van der Waals surface area contributed by atoms with Crippen LogP contribution in [0, 0.1) is 0 Å². The lowest BCUT2D eigenvalue weighted by molar-refractivity contribution is -0.120. The van der Waals surface area contributed by atoms with Gasteiger partial charge in [0.15, 0.2) is 0 Å². The predicted molar refractivity (Wildman–Crippen MR) is 69.3 cm³/mol. The number of sulfonamides is 1. The summed E-state index contributed by atoms with van der Waals surface area (Å²) in [5.74, 6) is -0.444. The van der Waals surface area contributed by atoms with Crippen molar-refractivity contribution in [3.05, 3.63) is 23.5 Å². The Bertz CT molecular complexity index is 535. The van der Waals surface area contributed by atoms with Crippen LogP contribution in [0.15, 0.2) is 23.2 Å². The maximum absolute atomic E-state index is 11.8. The average Bonchev–Trinajstić information content (AvgIpc) is 2.37. The normalized spacial score (nSPS) is 11.3. The Morgan fingerprint density at radius 3 is 2.89 bits per heavy atom. The second kappa shape index (κ2) is 7.39. The fraction of sp³-hybridized carbons (Fsp3) is 0.400. The van der Waals surface area contributed by atoms with E-state index in [1.54, 1.807) is 0 Å². The van der Waals surface area contributed by atoms with Crippen molar-refractivity contribution >= 4 is 27.5 Å². The largest absolute Gasteiger partial charge is 0.383 e. The van der Waals surface area contributed by atoms with Gasteiger partial charge in [0.25, 0.3) is 0 Å². The highest BCUT2D eigenvalue weighted by Crippen LogP contribution is 2.12. The minimum atomic E-state index is -3.77. The number of halogens is 1. The highest BCUT2D eigenvalue weighted by Gasteiger charge is 2.15. The van der Waals surface area contributed by atoms with Gasteiger partial charge in [-0.25, -0.2) is 18.1 Å². The molecule has 0 fully saturated rings. The second-order valence-corrected chi connectivity index (χ2v) is 5.64. The van der Waals surface area contributed by atoms with Crippen LogP contribution in [0.25, 0.3) is 0 Å². The molecule has 0 atom stereocenters. The van der Waals surface area contributed by atoms with E-state index in [4.69, 9.17) is 16.3 Å². The molecule has 1 amide bonds. The maximum Gasteiger partial charge on any atom is 0.241 e. The molecule has 1 aromatic heterocycles. The zero-order valence-corrected chi connectivity index (χ0v) is 11.8. The van der Waals surface area contributed by atoms with Gasteiger partial charge in [0.2, 0.25) is 15.9 Å². The van der Waals surface area contributed by atoms with E-state index in [1.165, 1.54) is 25.4 Å². The standard InChI is InChI=1S/C10H14ClN3O4S/c1-18-5-4-13-10(15)7-14-19(16,17)8-2-3-12-9(11)6-8/h2-3,6,14H,4-5,7H2,1H3,(H,13,15). The fourth-order valence-electron chi connectivity index (χ4n) is 1.15. The number of hydrogen-bond donors (Lipinski definition) is 2. The lowest BCUT2D eigenvalue weighted by Gasteiger charge is -2.07. The van der Waals surface area contributed by atoms with Crippen LogP contribution in [-0.2, 0) is 19.6 Å². The molecule has 19 heavy (non-hydrogen) atoms. The number of pyridine rings is 1. The second-order valence-electron chi connectivity index (χ2n) is 3.48. The molecule has 2 N–H and O–H groups in total. The molecule has 0 aliphatic carbocycles. The van der Waals surface area contributed by atoms with Crippen LogP contribution < -0.4 is 10.0 Å². The van der Waals surface area contributed by atoms with E-state index in [2.05, 4.69) is 15.0 Å². The van der Waals surface area contributed by atoms with E-state index in [0.717, 1.165) is 0 Å². The SMILES string of the molecule is COCCNC(=O)CNS(=O)(=O)c1ccnc(Cl)c1. The summed E-state index contributed by atoms with van der Waals surface area (Å²) in [4.78, 5) is 15.0. The number of nitrogens with one attached hydrogen (secondary N) is 2. The van der Waals surface area contributed by atoms with Gasteiger partial charge in [-0.3, -0.25) is 4.79 Å². The summed E-state index contributed by atoms with van der Waals surface area (Å²) in [6.07, 6.45) is 1.27. The molecule has 1 aromatic rings. The van der Waals surface area contributed by atoms with Crippen LogP contribution in [0.1, 0.15) is 0 Å². The fourth-order valence-corrected chi connectivity index (χ4v) is 2.38. The van der Waals surface area contributed by atoms with Gasteiger partial charge in [0.05, 0.1) is 18.0 Å². The topological polar surface area (TPSA) is 97.4 Å². The van der Waals surface area contributed by atoms with Gasteiger partial charge < -0.3 is 10.1 Å². The van der Waals surface area contributed by atoms with Gasteiger partial charge in [-0.15, -0.1) is 0 Å². The van der Waals surface area contributed by atoms with E-state index in [-0.39, 0.29) is 16.6 Å². The number of amides is 1. The van der Waals surface area contributed by atoms with E-state index < -0.39 is 15.9 Å². The number of carbonyl (C=O) groups is 1. The molecule has 0 spiro atoms. The summed E-state index contributed by atoms with van der Waals surface area (Å²) in [6, 6.07) is 2.49. The van der Waals surface area contributed by atoms with Gasteiger partial charge >= 0.3 is 0 Å². The third-order valence-corrected chi connectivity index (χ3v) is 3.67. The molecule has 7 nitrogen and oxygen atoms in total. The number of methoxy groups -OCH3 is 1. The monoisotopic (exact) mass is 307 g/mol. The average molecular weight is 308 g/mol. The predicted octanol–water partition coefficient (Wildman–Crippen LogP) is -0.224. The first kappa shape index (κ1) is 15.8. The maximum atomic E-state index is 11.8.